The topological polar surface area (TPSA) is 92.7 Å². The molecule has 2 aromatic rings. The number of hydrogen-bond donors (Lipinski definition) is 2. The van der Waals surface area contributed by atoms with Gasteiger partial charge in [0.15, 0.2) is 5.82 Å². The maximum Gasteiger partial charge on any atom is 0.433 e. The van der Waals surface area contributed by atoms with Crippen molar-refractivity contribution in [2.75, 3.05) is 17.2 Å². The fraction of sp³-hybridized carbons (Fsp3) is 0.500. The number of alkyl halides is 3. The quantitative estimate of drug-likeness (QED) is 0.707. The summed E-state index contributed by atoms with van der Waals surface area (Å²) in [5, 5.41) is 5.92. The number of anilines is 2. The van der Waals surface area contributed by atoms with Crippen LogP contribution in [0, 0.1) is 5.92 Å². The lowest BCUT2D eigenvalue weighted by Gasteiger charge is -2.15. The molecule has 10 heteroatoms. The van der Waals surface area contributed by atoms with Crippen LogP contribution in [0.25, 0.3) is 11.5 Å². The van der Waals surface area contributed by atoms with Gasteiger partial charge in [-0.25, -0.2) is 4.98 Å². The number of pyridine rings is 1. The Bertz CT molecular complexity index is 853. The van der Waals surface area contributed by atoms with E-state index in [0.29, 0.717) is 5.92 Å². The molecule has 1 atom stereocenters. The van der Waals surface area contributed by atoms with E-state index in [9.17, 15) is 18.0 Å². The Morgan fingerprint density at radius 3 is 2.54 bits per heavy atom. The van der Waals surface area contributed by atoms with Crippen molar-refractivity contribution >= 4 is 17.7 Å². The predicted molar refractivity (Wildman–Crippen MR) is 97.7 cm³/mol. The van der Waals surface area contributed by atoms with Crippen LogP contribution >= 0.6 is 0 Å². The second-order valence-electron chi connectivity index (χ2n) is 6.99. The number of nitrogens with zero attached hydrogens (tertiary/aromatic N) is 4. The van der Waals surface area contributed by atoms with Crippen molar-refractivity contribution in [1.29, 1.82) is 0 Å². The van der Waals surface area contributed by atoms with Gasteiger partial charge in [-0.3, -0.25) is 4.79 Å². The first-order valence-electron chi connectivity index (χ1n) is 9.01. The number of hydrogen-bond acceptors (Lipinski definition) is 7. The van der Waals surface area contributed by atoms with E-state index >= 15 is 0 Å². The van der Waals surface area contributed by atoms with E-state index in [1.165, 1.54) is 31.9 Å². The van der Waals surface area contributed by atoms with Gasteiger partial charge >= 0.3 is 6.18 Å². The first kappa shape index (κ1) is 20.0. The zero-order valence-corrected chi connectivity index (χ0v) is 15.5. The summed E-state index contributed by atoms with van der Waals surface area (Å²) in [6, 6.07) is 3.63. The highest BCUT2D eigenvalue weighted by Gasteiger charge is 2.32. The molecule has 0 amide bonds. The van der Waals surface area contributed by atoms with Gasteiger partial charge in [-0.2, -0.15) is 28.1 Å². The van der Waals surface area contributed by atoms with E-state index in [2.05, 4.69) is 30.6 Å². The number of aromatic nitrogens is 4. The molecule has 1 aliphatic carbocycles. The summed E-state index contributed by atoms with van der Waals surface area (Å²) in [6.45, 7) is 3.39. The standard InChI is InChI=1S/C18H21F3N6O/c1-10(8-12-6-7-12)23-17-26-15(25-16(27-17)22-9-11(2)28)13-4-3-5-14(24-13)18(19,20)21/h3-5,10,12H,6-9H2,1-2H3,(H2,22,23,25,26,27)/t10-/m1/s1. The van der Waals surface area contributed by atoms with Gasteiger partial charge in [0, 0.05) is 6.04 Å². The van der Waals surface area contributed by atoms with Gasteiger partial charge in [-0.05, 0) is 38.3 Å². The molecule has 0 spiro atoms. The van der Waals surface area contributed by atoms with E-state index in [4.69, 9.17) is 0 Å². The van der Waals surface area contributed by atoms with Crippen LogP contribution in [0.3, 0.4) is 0 Å². The van der Waals surface area contributed by atoms with Crippen molar-refractivity contribution in [3.8, 4) is 11.5 Å². The Hall–Kier alpha value is -2.78. The van der Waals surface area contributed by atoms with Gasteiger partial charge in [0.1, 0.15) is 17.2 Å². The molecule has 3 rings (SSSR count). The number of Topliss-reactive ketones (excluding diaryl/α,β-unsaturated/α-hetero) is 1. The minimum absolute atomic E-state index is 0.00343. The molecule has 7 nitrogen and oxygen atoms in total. The molecule has 2 aromatic heterocycles. The van der Waals surface area contributed by atoms with Crippen molar-refractivity contribution in [2.45, 2.75) is 45.3 Å². The first-order valence-corrected chi connectivity index (χ1v) is 9.01. The van der Waals surface area contributed by atoms with Crippen molar-refractivity contribution < 1.29 is 18.0 Å². The Balaban J connectivity index is 1.90. The number of nitrogens with one attached hydrogen (secondary N) is 2. The van der Waals surface area contributed by atoms with E-state index in [1.807, 2.05) is 6.92 Å². The largest absolute Gasteiger partial charge is 0.433 e. The fourth-order valence-electron chi connectivity index (χ4n) is 2.69. The molecule has 150 valence electrons. The van der Waals surface area contributed by atoms with Crippen LogP contribution in [0.15, 0.2) is 18.2 Å². The lowest BCUT2D eigenvalue weighted by atomic mass is 10.2. The Morgan fingerprint density at radius 1 is 1.18 bits per heavy atom. The summed E-state index contributed by atoms with van der Waals surface area (Å²) in [6.07, 6.45) is -1.21. The molecule has 0 saturated heterocycles. The van der Waals surface area contributed by atoms with Crippen molar-refractivity contribution in [3.05, 3.63) is 23.9 Å². The minimum Gasteiger partial charge on any atom is -0.352 e. The number of carbonyl (C=O) groups is 1. The average Bonchev–Trinajstić information content (AvgIpc) is 3.43. The van der Waals surface area contributed by atoms with Crippen LogP contribution in [0.1, 0.15) is 38.8 Å². The molecule has 0 aliphatic heterocycles. The van der Waals surface area contributed by atoms with Crippen LogP contribution < -0.4 is 10.6 Å². The predicted octanol–water partition coefficient (Wildman–Crippen LogP) is 3.55. The fourth-order valence-corrected chi connectivity index (χ4v) is 2.69. The summed E-state index contributed by atoms with van der Waals surface area (Å²) < 4.78 is 38.9. The normalized spacial score (nSPS) is 15.2. The zero-order valence-electron chi connectivity index (χ0n) is 15.5. The molecule has 1 aliphatic rings. The van der Waals surface area contributed by atoms with E-state index in [1.54, 1.807) is 0 Å². The Morgan fingerprint density at radius 2 is 1.89 bits per heavy atom. The molecule has 1 saturated carbocycles. The van der Waals surface area contributed by atoms with Gasteiger partial charge in [0.25, 0.3) is 0 Å². The summed E-state index contributed by atoms with van der Waals surface area (Å²) in [5.74, 6) is 0.872. The molecule has 0 bridgehead atoms. The highest BCUT2D eigenvalue weighted by molar-refractivity contribution is 5.79. The number of rotatable bonds is 8. The van der Waals surface area contributed by atoms with Crippen LogP contribution in [-0.2, 0) is 11.0 Å². The molecule has 1 fully saturated rings. The lowest BCUT2D eigenvalue weighted by molar-refractivity contribution is -0.141. The maximum atomic E-state index is 13.0. The Labute approximate surface area is 160 Å². The molecule has 0 unspecified atom stereocenters. The van der Waals surface area contributed by atoms with Crippen molar-refractivity contribution in [3.63, 3.8) is 0 Å². The van der Waals surface area contributed by atoms with Gasteiger partial charge < -0.3 is 10.6 Å². The molecule has 2 heterocycles. The van der Waals surface area contributed by atoms with Gasteiger partial charge in [0.2, 0.25) is 11.9 Å². The smallest absolute Gasteiger partial charge is 0.352 e. The maximum absolute atomic E-state index is 13.0. The Kier molecular flexibility index (Phi) is 5.76. The number of halogens is 3. The highest BCUT2D eigenvalue weighted by Crippen LogP contribution is 2.34. The molecule has 0 radical (unpaired) electrons. The number of ketones is 1. The second kappa shape index (κ2) is 8.07. The SMILES string of the molecule is CC(=O)CNc1nc(N[C@H](C)CC2CC2)nc(-c2cccc(C(F)(F)F)n2)n1. The van der Waals surface area contributed by atoms with Crippen LogP contribution in [0.5, 0.6) is 0 Å². The lowest BCUT2D eigenvalue weighted by Crippen LogP contribution is -2.20. The third-order valence-electron chi connectivity index (χ3n) is 4.16. The molecule has 28 heavy (non-hydrogen) atoms. The third kappa shape index (κ3) is 5.61. The highest BCUT2D eigenvalue weighted by atomic mass is 19.4. The second-order valence-corrected chi connectivity index (χ2v) is 6.99. The van der Waals surface area contributed by atoms with Crippen LogP contribution in [-0.4, -0.2) is 38.3 Å². The van der Waals surface area contributed by atoms with Gasteiger partial charge in [0.05, 0.1) is 6.54 Å². The molecule has 0 aromatic carbocycles. The van der Waals surface area contributed by atoms with E-state index in [0.717, 1.165) is 12.5 Å². The average molecular weight is 394 g/mol. The molecular weight excluding hydrogens is 373 g/mol. The van der Waals surface area contributed by atoms with Gasteiger partial charge in [-0.1, -0.05) is 18.9 Å². The summed E-state index contributed by atoms with van der Waals surface area (Å²) >= 11 is 0. The van der Waals surface area contributed by atoms with Gasteiger partial charge in [-0.15, -0.1) is 0 Å². The molecule has 2 N–H and O–H groups in total. The first-order chi connectivity index (χ1) is 13.2. The summed E-state index contributed by atoms with van der Waals surface area (Å²) in [5.41, 5.74) is -1.05. The minimum atomic E-state index is -4.57. The van der Waals surface area contributed by atoms with Crippen LogP contribution in [0.2, 0.25) is 0 Å². The number of carbonyl (C=O) groups excluding carboxylic acids is 1. The molecular formula is C18H21F3N6O. The van der Waals surface area contributed by atoms with E-state index in [-0.39, 0.29) is 41.8 Å². The monoisotopic (exact) mass is 394 g/mol. The van der Waals surface area contributed by atoms with Crippen molar-refractivity contribution in [2.24, 2.45) is 5.92 Å². The summed E-state index contributed by atoms with van der Waals surface area (Å²) in [7, 11) is 0. The van der Waals surface area contributed by atoms with Crippen LogP contribution in [0.4, 0.5) is 25.1 Å². The third-order valence-corrected chi connectivity index (χ3v) is 4.16. The van der Waals surface area contributed by atoms with E-state index < -0.39 is 11.9 Å². The zero-order chi connectivity index (χ0) is 20.3. The van der Waals surface area contributed by atoms with Crippen molar-refractivity contribution in [1.82, 2.24) is 19.9 Å². The summed E-state index contributed by atoms with van der Waals surface area (Å²) in [4.78, 5) is 27.4.